The molecule has 166 valence electrons. The molecule has 2 heterocycles. The fourth-order valence-electron chi connectivity index (χ4n) is 3.61. The first-order chi connectivity index (χ1) is 15.9. The highest BCUT2D eigenvalue weighted by molar-refractivity contribution is 9.10. The predicted octanol–water partition coefficient (Wildman–Crippen LogP) is 6.15. The van der Waals surface area contributed by atoms with Crippen LogP contribution < -0.4 is 5.32 Å². The molecule has 0 unspecified atom stereocenters. The monoisotopic (exact) mass is 529 g/mol. The van der Waals surface area contributed by atoms with Crippen molar-refractivity contribution in [2.75, 3.05) is 5.32 Å². The average Bonchev–Trinajstić information content (AvgIpc) is 3.47. The van der Waals surface area contributed by atoms with Gasteiger partial charge >= 0.3 is 0 Å². The SMILES string of the molecule is O=C(Nc1cnc(-n2nccn2)c(Cl)c1)c1cc(C2CC2)c(-c2ccc(F)cc2Br)cc1F. The molecule has 6 nitrogen and oxygen atoms in total. The smallest absolute Gasteiger partial charge is 0.258 e. The molecule has 10 heteroatoms. The number of halogens is 4. The van der Waals surface area contributed by atoms with Gasteiger partial charge in [0.1, 0.15) is 11.6 Å². The molecular weight excluding hydrogens is 516 g/mol. The number of benzene rings is 2. The number of pyridine rings is 1. The third kappa shape index (κ3) is 4.38. The highest BCUT2D eigenvalue weighted by atomic mass is 79.9. The summed E-state index contributed by atoms with van der Waals surface area (Å²) in [5.74, 6) is -1.17. The maximum Gasteiger partial charge on any atom is 0.258 e. The van der Waals surface area contributed by atoms with Crippen molar-refractivity contribution >= 4 is 39.1 Å². The highest BCUT2D eigenvalue weighted by Crippen LogP contribution is 2.46. The average molecular weight is 531 g/mol. The largest absolute Gasteiger partial charge is 0.320 e. The van der Waals surface area contributed by atoms with Crippen LogP contribution in [0.3, 0.4) is 0 Å². The van der Waals surface area contributed by atoms with Crippen LogP contribution in [0.2, 0.25) is 5.02 Å². The van der Waals surface area contributed by atoms with Crippen molar-refractivity contribution in [3.63, 3.8) is 0 Å². The molecule has 1 aliphatic carbocycles. The van der Waals surface area contributed by atoms with Crippen LogP contribution in [0.4, 0.5) is 14.5 Å². The molecule has 1 saturated carbocycles. The molecule has 1 amide bonds. The molecule has 4 aromatic rings. The van der Waals surface area contributed by atoms with Gasteiger partial charge in [0.15, 0.2) is 5.82 Å². The van der Waals surface area contributed by atoms with Gasteiger partial charge in [-0.3, -0.25) is 4.79 Å². The quantitative estimate of drug-likeness (QED) is 0.336. The zero-order valence-electron chi connectivity index (χ0n) is 16.9. The molecule has 0 saturated heterocycles. The fourth-order valence-corrected chi connectivity index (χ4v) is 4.41. The Morgan fingerprint density at radius 1 is 1.09 bits per heavy atom. The van der Waals surface area contributed by atoms with Crippen molar-refractivity contribution in [1.82, 2.24) is 20.0 Å². The minimum absolute atomic E-state index is 0.0900. The molecule has 0 atom stereocenters. The van der Waals surface area contributed by atoms with E-state index in [1.54, 1.807) is 12.1 Å². The minimum atomic E-state index is -0.681. The minimum Gasteiger partial charge on any atom is -0.320 e. The van der Waals surface area contributed by atoms with Gasteiger partial charge in [-0.1, -0.05) is 33.6 Å². The van der Waals surface area contributed by atoms with E-state index in [9.17, 15) is 9.18 Å². The Kier molecular flexibility index (Phi) is 5.67. The molecule has 33 heavy (non-hydrogen) atoms. The standard InChI is InChI=1S/C23H15BrClF2N5O/c24-19-7-13(26)3-4-15(19)17-10-21(27)18(9-16(17)12-1-2-12)23(33)31-14-8-20(25)22(28-11-14)32-29-5-6-30-32/h3-12H,1-2H2,(H,31,33). The van der Waals surface area contributed by atoms with Gasteiger partial charge in [-0.15, -0.1) is 4.80 Å². The first-order valence-electron chi connectivity index (χ1n) is 10.0. The summed E-state index contributed by atoms with van der Waals surface area (Å²) in [7, 11) is 0. The van der Waals surface area contributed by atoms with Crippen molar-refractivity contribution in [2.45, 2.75) is 18.8 Å². The van der Waals surface area contributed by atoms with Crippen LogP contribution in [-0.4, -0.2) is 25.9 Å². The Bertz CT molecular complexity index is 1380. The molecule has 1 aliphatic rings. The van der Waals surface area contributed by atoms with Gasteiger partial charge in [0.05, 0.1) is 34.9 Å². The maximum absolute atomic E-state index is 15.1. The summed E-state index contributed by atoms with van der Waals surface area (Å²) >= 11 is 9.61. The molecule has 1 fully saturated rings. The predicted molar refractivity (Wildman–Crippen MR) is 124 cm³/mol. The van der Waals surface area contributed by atoms with Crippen molar-refractivity contribution in [3.8, 4) is 16.9 Å². The van der Waals surface area contributed by atoms with Gasteiger partial charge in [0.2, 0.25) is 0 Å². The van der Waals surface area contributed by atoms with Crippen LogP contribution in [0, 0.1) is 11.6 Å². The molecule has 0 aliphatic heterocycles. The number of rotatable bonds is 5. The fraction of sp³-hybridized carbons (Fsp3) is 0.130. The number of hydrogen-bond acceptors (Lipinski definition) is 4. The van der Waals surface area contributed by atoms with Crippen LogP contribution in [-0.2, 0) is 0 Å². The van der Waals surface area contributed by atoms with E-state index in [4.69, 9.17) is 11.6 Å². The zero-order valence-corrected chi connectivity index (χ0v) is 19.2. The van der Waals surface area contributed by atoms with Crippen molar-refractivity contribution in [3.05, 3.63) is 87.2 Å². The van der Waals surface area contributed by atoms with Crippen molar-refractivity contribution in [2.24, 2.45) is 0 Å². The van der Waals surface area contributed by atoms with E-state index in [1.807, 2.05) is 0 Å². The normalized spacial score (nSPS) is 13.2. The lowest BCUT2D eigenvalue weighted by atomic mass is 9.94. The second-order valence-corrected chi connectivity index (χ2v) is 8.88. The van der Waals surface area contributed by atoms with Gasteiger partial charge in [0, 0.05) is 4.47 Å². The topological polar surface area (TPSA) is 72.7 Å². The summed E-state index contributed by atoms with van der Waals surface area (Å²) in [6.07, 6.45) is 6.26. The van der Waals surface area contributed by atoms with E-state index >= 15 is 4.39 Å². The maximum atomic E-state index is 15.1. The Morgan fingerprint density at radius 3 is 2.52 bits per heavy atom. The number of aromatic nitrogens is 4. The third-order valence-electron chi connectivity index (χ3n) is 5.31. The van der Waals surface area contributed by atoms with Gasteiger partial charge in [-0.05, 0) is 65.8 Å². The summed E-state index contributed by atoms with van der Waals surface area (Å²) < 4.78 is 29.1. The third-order valence-corrected chi connectivity index (χ3v) is 6.24. The summed E-state index contributed by atoms with van der Waals surface area (Å²) in [6.45, 7) is 0. The van der Waals surface area contributed by atoms with E-state index in [-0.39, 0.29) is 16.5 Å². The molecule has 0 bridgehead atoms. The van der Waals surface area contributed by atoms with Gasteiger partial charge in [-0.2, -0.15) is 10.2 Å². The molecule has 1 N–H and O–H groups in total. The molecule has 2 aromatic heterocycles. The van der Waals surface area contributed by atoms with E-state index in [0.717, 1.165) is 18.4 Å². The lowest BCUT2D eigenvalue weighted by molar-refractivity contribution is 0.102. The van der Waals surface area contributed by atoms with Crippen LogP contribution in [0.5, 0.6) is 0 Å². The van der Waals surface area contributed by atoms with E-state index < -0.39 is 17.5 Å². The zero-order chi connectivity index (χ0) is 23.1. The van der Waals surface area contributed by atoms with Gasteiger partial charge < -0.3 is 5.32 Å². The Morgan fingerprint density at radius 2 is 1.85 bits per heavy atom. The molecule has 5 rings (SSSR count). The number of carbonyl (C=O) groups is 1. The van der Waals surface area contributed by atoms with E-state index in [1.165, 1.54) is 47.7 Å². The molecule has 0 spiro atoms. The van der Waals surface area contributed by atoms with E-state index in [0.29, 0.717) is 27.1 Å². The van der Waals surface area contributed by atoms with Gasteiger partial charge in [-0.25, -0.2) is 13.8 Å². The van der Waals surface area contributed by atoms with Crippen LogP contribution in [0.25, 0.3) is 16.9 Å². The lowest BCUT2D eigenvalue weighted by Gasteiger charge is -2.15. The van der Waals surface area contributed by atoms with Gasteiger partial charge in [0.25, 0.3) is 5.91 Å². The number of amides is 1. The highest BCUT2D eigenvalue weighted by Gasteiger charge is 2.29. The summed E-state index contributed by atoms with van der Waals surface area (Å²) in [5.41, 5.74) is 2.37. The molecular formula is C23H15BrClF2N5O. The lowest BCUT2D eigenvalue weighted by Crippen LogP contribution is -2.15. The summed E-state index contributed by atoms with van der Waals surface area (Å²) in [6, 6.07) is 8.67. The second kappa shape index (κ2) is 8.64. The van der Waals surface area contributed by atoms with Crippen molar-refractivity contribution < 1.29 is 13.6 Å². The first kappa shape index (κ1) is 21.7. The van der Waals surface area contributed by atoms with E-state index in [2.05, 4.69) is 36.4 Å². The Labute approximate surface area is 200 Å². The molecule has 2 aromatic carbocycles. The number of anilines is 1. The summed E-state index contributed by atoms with van der Waals surface area (Å²) in [4.78, 5) is 18.3. The van der Waals surface area contributed by atoms with Crippen molar-refractivity contribution in [1.29, 1.82) is 0 Å². The number of nitrogens with zero attached hydrogens (tertiary/aromatic N) is 4. The second-order valence-electron chi connectivity index (χ2n) is 7.62. The number of nitrogens with one attached hydrogen (secondary N) is 1. The van der Waals surface area contributed by atoms with Crippen LogP contribution in [0.15, 0.2) is 59.5 Å². The number of carbonyl (C=O) groups excluding carboxylic acids is 1. The van der Waals surface area contributed by atoms with Crippen LogP contribution in [0.1, 0.15) is 34.7 Å². The summed E-state index contributed by atoms with van der Waals surface area (Å²) in [5, 5.41) is 10.8. The number of hydrogen-bond donors (Lipinski definition) is 1. The van der Waals surface area contributed by atoms with Crippen LogP contribution >= 0.6 is 27.5 Å². The Hall–Kier alpha value is -3.17. The Balaban J connectivity index is 1.46. The molecule has 0 radical (unpaired) electrons. The first-order valence-corrected chi connectivity index (χ1v) is 11.2.